The Bertz CT molecular complexity index is 890. The normalized spacial score (nSPS) is 11.9. The van der Waals surface area contributed by atoms with E-state index in [2.05, 4.69) is 20.8 Å². The number of rotatable bonds is 7. The molecule has 2 heterocycles. The number of Topliss-reactive ketones (excluding diaryl/α,β-unsaturated/α-hetero) is 1. The van der Waals surface area contributed by atoms with E-state index in [4.69, 9.17) is 4.42 Å². The van der Waals surface area contributed by atoms with Crippen molar-refractivity contribution in [3.63, 3.8) is 0 Å². The molecule has 0 saturated heterocycles. The fourth-order valence-electron chi connectivity index (χ4n) is 2.17. The molecule has 0 fully saturated rings. The Kier molecular flexibility index (Phi) is 5.47. The summed E-state index contributed by atoms with van der Waals surface area (Å²) in [6.45, 7) is 3.66. The predicted octanol–water partition coefficient (Wildman–Crippen LogP) is 2.64. The van der Waals surface area contributed by atoms with Gasteiger partial charge in [-0.15, -0.1) is 5.10 Å². The zero-order chi connectivity index (χ0) is 18.5. The molecule has 0 aliphatic heterocycles. The summed E-state index contributed by atoms with van der Waals surface area (Å²) in [5, 5.41) is 14.5. The molecule has 3 rings (SSSR count). The van der Waals surface area contributed by atoms with E-state index in [1.165, 1.54) is 18.7 Å². The highest BCUT2D eigenvalue weighted by atomic mass is 32.2. The van der Waals surface area contributed by atoms with Crippen LogP contribution in [-0.2, 0) is 11.3 Å². The summed E-state index contributed by atoms with van der Waals surface area (Å²) < 4.78 is 6.87. The Morgan fingerprint density at radius 3 is 2.69 bits per heavy atom. The lowest BCUT2D eigenvalue weighted by molar-refractivity contribution is -0.115. The van der Waals surface area contributed by atoms with Crippen LogP contribution in [0.4, 0.5) is 5.69 Å². The van der Waals surface area contributed by atoms with Gasteiger partial charge in [0, 0.05) is 11.3 Å². The number of anilines is 1. The topological polar surface area (TPSA) is 103 Å². The zero-order valence-electron chi connectivity index (χ0n) is 14.2. The molecule has 0 radical (unpaired) electrons. The SMILES string of the molecule is CC(=O)c1ccc(NC(=O)C(C)Sc2nnnn2Cc2ccco2)cc1. The van der Waals surface area contributed by atoms with Gasteiger partial charge in [0.1, 0.15) is 12.3 Å². The molecule has 134 valence electrons. The number of carbonyl (C=O) groups is 2. The number of hydrogen-bond acceptors (Lipinski definition) is 7. The van der Waals surface area contributed by atoms with Crippen LogP contribution in [0.3, 0.4) is 0 Å². The summed E-state index contributed by atoms with van der Waals surface area (Å²) in [7, 11) is 0. The molecule has 0 bridgehead atoms. The minimum Gasteiger partial charge on any atom is -0.467 e. The van der Waals surface area contributed by atoms with Crippen molar-refractivity contribution < 1.29 is 14.0 Å². The molecule has 1 amide bonds. The second-order valence-corrected chi connectivity index (χ2v) is 6.89. The van der Waals surface area contributed by atoms with Crippen LogP contribution in [0.25, 0.3) is 0 Å². The summed E-state index contributed by atoms with van der Waals surface area (Å²) >= 11 is 1.25. The second-order valence-electron chi connectivity index (χ2n) is 5.58. The Morgan fingerprint density at radius 2 is 2.04 bits per heavy atom. The van der Waals surface area contributed by atoms with Crippen LogP contribution < -0.4 is 5.32 Å². The molecule has 3 aromatic rings. The van der Waals surface area contributed by atoms with Crippen LogP contribution in [0.1, 0.15) is 30.0 Å². The number of nitrogens with zero attached hydrogens (tertiary/aromatic N) is 4. The third kappa shape index (κ3) is 4.37. The summed E-state index contributed by atoms with van der Waals surface area (Å²) in [6, 6.07) is 10.4. The van der Waals surface area contributed by atoms with Crippen molar-refractivity contribution in [1.82, 2.24) is 20.2 Å². The highest BCUT2D eigenvalue weighted by Crippen LogP contribution is 2.22. The number of ketones is 1. The van der Waals surface area contributed by atoms with Crippen LogP contribution in [0.5, 0.6) is 0 Å². The second kappa shape index (κ2) is 7.96. The monoisotopic (exact) mass is 371 g/mol. The molecule has 0 aliphatic rings. The van der Waals surface area contributed by atoms with Crippen LogP contribution >= 0.6 is 11.8 Å². The number of nitrogens with one attached hydrogen (secondary N) is 1. The number of carbonyl (C=O) groups excluding carboxylic acids is 2. The van der Waals surface area contributed by atoms with Crippen molar-refractivity contribution in [2.75, 3.05) is 5.32 Å². The Labute approximate surface area is 154 Å². The quantitative estimate of drug-likeness (QED) is 0.503. The molecule has 1 atom stereocenters. The van der Waals surface area contributed by atoms with Gasteiger partial charge in [0.05, 0.1) is 11.5 Å². The molecule has 8 nitrogen and oxygen atoms in total. The molecule has 9 heteroatoms. The molecule has 26 heavy (non-hydrogen) atoms. The first kappa shape index (κ1) is 17.9. The smallest absolute Gasteiger partial charge is 0.237 e. The van der Waals surface area contributed by atoms with Crippen molar-refractivity contribution in [2.45, 2.75) is 30.8 Å². The van der Waals surface area contributed by atoms with E-state index in [9.17, 15) is 9.59 Å². The standard InChI is InChI=1S/C17H17N5O3S/c1-11(23)13-5-7-14(8-6-13)18-16(24)12(2)26-17-19-20-21-22(17)10-15-4-3-9-25-15/h3-9,12H,10H2,1-2H3,(H,18,24). The van der Waals surface area contributed by atoms with Gasteiger partial charge >= 0.3 is 0 Å². The largest absolute Gasteiger partial charge is 0.467 e. The van der Waals surface area contributed by atoms with Gasteiger partial charge in [-0.3, -0.25) is 9.59 Å². The van der Waals surface area contributed by atoms with Gasteiger partial charge < -0.3 is 9.73 Å². The number of furan rings is 1. The van der Waals surface area contributed by atoms with Gasteiger partial charge in [0.15, 0.2) is 5.78 Å². The van der Waals surface area contributed by atoms with E-state index < -0.39 is 5.25 Å². The molecule has 0 spiro atoms. The number of thioether (sulfide) groups is 1. The van der Waals surface area contributed by atoms with E-state index in [0.29, 0.717) is 23.0 Å². The van der Waals surface area contributed by atoms with Gasteiger partial charge in [0.25, 0.3) is 0 Å². The Hall–Kier alpha value is -2.94. The van der Waals surface area contributed by atoms with Crippen molar-refractivity contribution >= 4 is 29.1 Å². The average Bonchev–Trinajstić information content (AvgIpc) is 3.28. The maximum Gasteiger partial charge on any atom is 0.237 e. The predicted molar refractivity (Wildman–Crippen MR) is 96.0 cm³/mol. The van der Waals surface area contributed by atoms with Gasteiger partial charge in [-0.1, -0.05) is 11.8 Å². The van der Waals surface area contributed by atoms with Gasteiger partial charge in [-0.2, -0.15) is 0 Å². The molecule has 0 aliphatic carbocycles. The molecule has 1 unspecified atom stereocenters. The first-order chi connectivity index (χ1) is 12.5. The summed E-state index contributed by atoms with van der Waals surface area (Å²) in [4.78, 5) is 23.7. The number of benzene rings is 1. The van der Waals surface area contributed by atoms with Crippen LogP contribution in [0.2, 0.25) is 0 Å². The van der Waals surface area contributed by atoms with Gasteiger partial charge in [-0.05, 0) is 60.7 Å². The van der Waals surface area contributed by atoms with Crippen molar-refractivity contribution in [3.8, 4) is 0 Å². The maximum atomic E-state index is 12.4. The molecular weight excluding hydrogens is 354 g/mol. The minimum atomic E-state index is -0.413. The molecular formula is C17H17N5O3S. The van der Waals surface area contributed by atoms with E-state index in [1.807, 2.05) is 6.07 Å². The van der Waals surface area contributed by atoms with Crippen LogP contribution in [0, 0.1) is 0 Å². The van der Waals surface area contributed by atoms with Gasteiger partial charge in [-0.25, -0.2) is 4.68 Å². The van der Waals surface area contributed by atoms with E-state index in [-0.39, 0.29) is 11.7 Å². The lowest BCUT2D eigenvalue weighted by atomic mass is 10.1. The number of amides is 1. The Morgan fingerprint density at radius 1 is 1.27 bits per heavy atom. The Balaban J connectivity index is 1.61. The highest BCUT2D eigenvalue weighted by molar-refractivity contribution is 8.00. The van der Waals surface area contributed by atoms with Crippen molar-refractivity contribution in [3.05, 3.63) is 54.0 Å². The van der Waals surface area contributed by atoms with Crippen molar-refractivity contribution in [2.24, 2.45) is 0 Å². The van der Waals surface area contributed by atoms with Gasteiger partial charge in [0.2, 0.25) is 11.1 Å². The average molecular weight is 371 g/mol. The third-order valence-corrected chi connectivity index (χ3v) is 4.67. The molecule has 1 aromatic carbocycles. The molecule has 2 aromatic heterocycles. The van der Waals surface area contributed by atoms with Crippen LogP contribution in [0.15, 0.2) is 52.2 Å². The highest BCUT2D eigenvalue weighted by Gasteiger charge is 2.19. The first-order valence-corrected chi connectivity index (χ1v) is 8.78. The first-order valence-electron chi connectivity index (χ1n) is 7.90. The summed E-state index contributed by atoms with van der Waals surface area (Å²) in [6.07, 6.45) is 1.58. The number of hydrogen-bond donors (Lipinski definition) is 1. The molecule has 1 N–H and O–H groups in total. The third-order valence-electron chi connectivity index (χ3n) is 3.60. The minimum absolute atomic E-state index is 0.0183. The number of tetrazole rings is 1. The van der Waals surface area contributed by atoms with E-state index >= 15 is 0 Å². The lowest BCUT2D eigenvalue weighted by Gasteiger charge is -2.11. The molecule has 0 saturated carbocycles. The zero-order valence-corrected chi connectivity index (χ0v) is 15.1. The lowest BCUT2D eigenvalue weighted by Crippen LogP contribution is -2.23. The maximum absolute atomic E-state index is 12.4. The van der Waals surface area contributed by atoms with E-state index in [1.54, 1.807) is 48.2 Å². The fourth-order valence-corrected chi connectivity index (χ4v) is 2.96. The van der Waals surface area contributed by atoms with Crippen molar-refractivity contribution in [1.29, 1.82) is 0 Å². The summed E-state index contributed by atoms with van der Waals surface area (Å²) in [5.74, 6) is 0.523. The van der Waals surface area contributed by atoms with E-state index in [0.717, 1.165) is 5.76 Å². The van der Waals surface area contributed by atoms with Crippen LogP contribution in [-0.4, -0.2) is 37.1 Å². The fraction of sp³-hybridized carbons (Fsp3) is 0.235. The summed E-state index contributed by atoms with van der Waals surface area (Å²) in [5.41, 5.74) is 1.23. The number of aromatic nitrogens is 4.